The van der Waals surface area contributed by atoms with Gasteiger partial charge in [-0.15, -0.1) is 0 Å². The van der Waals surface area contributed by atoms with Crippen LogP contribution in [0.15, 0.2) is 24.3 Å². The van der Waals surface area contributed by atoms with Gasteiger partial charge in [-0.2, -0.15) is 23.5 Å². The van der Waals surface area contributed by atoms with Gasteiger partial charge < -0.3 is 19.1 Å². The maximum atomic E-state index is 10.6. The molecule has 0 saturated heterocycles. The summed E-state index contributed by atoms with van der Waals surface area (Å²) in [5.41, 5.74) is 0.816. The minimum absolute atomic E-state index is 0.408. The van der Waals surface area contributed by atoms with E-state index in [1.165, 1.54) is 38.5 Å². The van der Waals surface area contributed by atoms with E-state index in [4.69, 9.17) is 9.47 Å². The van der Waals surface area contributed by atoms with Crippen molar-refractivity contribution in [1.29, 1.82) is 0 Å². The van der Waals surface area contributed by atoms with E-state index >= 15 is 0 Å². The van der Waals surface area contributed by atoms with E-state index in [-0.39, 0.29) is 0 Å². The first-order valence-corrected chi connectivity index (χ1v) is 17.0. The molecule has 0 spiro atoms. The number of aldehydes is 2. The average Bonchev–Trinajstić information content (AvgIpc) is 2.87. The summed E-state index contributed by atoms with van der Waals surface area (Å²) in [5, 5.41) is 1.31. The standard InChI is InChI=1S/C32H54O4S2/c1-31(2)15-13-29(27(25-31)11-7-5-9-17-33)37-23-21-35-19-20-36-22-24-38-30-14-16-32(3,4)26-28(30)12-8-6-10-18-34/h7-8,11-12,17-18,27-30H,5-6,9-10,13-16,19-26H2,1-4H3. The number of carbonyl (C=O) groups is 2. The predicted molar refractivity (Wildman–Crippen MR) is 165 cm³/mol. The van der Waals surface area contributed by atoms with Crippen LogP contribution in [0.3, 0.4) is 0 Å². The molecule has 4 unspecified atom stereocenters. The molecular weight excluding hydrogens is 512 g/mol. The average molecular weight is 567 g/mol. The quantitative estimate of drug-likeness (QED) is 0.0898. The number of unbranched alkanes of at least 4 members (excludes halogenated alkanes) is 2. The lowest BCUT2D eigenvalue weighted by Crippen LogP contribution is -2.31. The highest BCUT2D eigenvalue weighted by atomic mass is 32.2. The molecule has 0 aromatic rings. The SMILES string of the molecule is CC1(C)CCC(SCCOCCOCCSC2CCC(C)(C)CC2C=CCCC=O)C(C=CCCC=O)C1. The lowest BCUT2D eigenvalue weighted by molar-refractivity contribution is -0.108. The third kappa shape index (κ3) is 14.2. The summed E-state index contributed by atoms with van der Waals surface area (Å²) in [4.78, 5) is 21.2. The van der Waals surface area contributed by atoms with Gasteiger partial charge in [-0.25, -0.2) is 0 Å². The molecule has 0 heterocycles. The summed E-state index contributed by atoms with van der Waals surface area (Å²) < 4.78 is 11.7. The van der Waals surface area contributed by atoms with E-state index in [1.807, 2.05) is 0 Å². The first kappa shape index (κ1) is 33.6. The normalized spacial score (nSPS) is 27.2. The van der Waals surface area contributed by atoms with Crippen LogP contribution in [0, 0.1) is 22.7 Å². The number of ether oxygens (including phenoxy) is 2. The molecule has 4 nitrogen and oxygen atoms in total. The largest absolute Gasteiger partial charge is 0.378 e. The van der Waals surface area contributed by atoms with Gasteiger partial charge >= 0.3 is 0 Å². The molecule has 0 radical (unpaired) electrons. The van der Waals surface area contributed by atoms with Gasteiger partial charge in [0.05, 0.1) is 26.4 Å². The minimum Gasteiger partial charge on any atom is -0.378 e. The van der Waals surface area contributed by atoms with Crippen molar-refractivity contribution in [3.63, 3.8) is 0 Å². The fraction of sp³-hybridized carbons (Fsp3) is 0.812. The van der Waals surface area contributed by atoms with E-state index in [0.717, 1.165) is 50.1 Å². The Kier molecular flexibility index (Phi) is 16.6. The first-order valence-electron chi connectivity index (χ1n) is 14.9. The predicted octanol–water partition coefficient (Wildman–Crippen LogP) is 7.95. The molecule has 2 aliphatic rings. The van der Waals surface area contributed by atoms with Crippen LogP contribution in [0.4, 0.5) is 0 Å². The number of hydrogen-bond acceptors (Lipinski definition) is 6. The molecular formula is C32H54O4S2. The smallest absolute Gasteiger partial charge is 0.120 e. The lowest BCUT2D eigenvalue weighted by Gasteiger charge is -2.39. The molecule has 0 aliphatic heterocycles. The van der Waals surface area contributed by atoms with Crippen LogP contribution in [0.1, 0.15) is 91.9 Å². The molecule has 0 bridgehead atoms. The molecule has 6 heteroatoms. The molecule has 2 rings (SSSR count). The summed E-state index contributed by atoms with van der Waals surface area (Å²) in [6, 6.07) is 0. The topological polar surface area (TPSA) is 52.6 Å². The van der Waals surface area contributed by atoms with E-state index in [0.29, 0.717) is 59.2 Å². The lowest BCUT2D eigenvalue weighted by atomic mass is 9.72. The number of hydrogen-bond donors (Lipinski definition) is 0. The monoisotopic (exact) mass is 566 g/mol. The maximum Gasteiger partial charge on any atom is 0.120 e. The second-order valence-corrected chi connectivity index (χ2v) is 15.2. The van der Waals surface area contributed by atoms with Crippen LogP contribution >= 0.6 is 23.5 Å². The van der Waals surface area contributed by atoms with Crippen molar-refractivity contribution in [2.45, 2.75) is 102 Å². The Labute approximate surface area is 241 Å². The highest BCUT2D eigenvalue weighted by Crippen LogP contribution is 2.45. The Bertz CT molecular complexity index is 658. The van der Waals surface area contributed by atoms with Gasteiger partial charge in [0.1, 0.15) is 12.6 Å². The van der Waals surface area contributed by atoms with E-state index in [1.54, 1.807) is 0 Å². The van der Waals surface area contributed by atoms with Crippen LogP contribution in [-0.4, -0.2) is 61.0 Å². The van der Waals surface area contributed by atoms with E-state index in [9.17, 15) is 9.59 Å². The number of carbonyl (C=O) groups excluding carboxylic acids is 2. The highest BCUT2D eigenvalue weighted by Gasteiger charge is 2.34. The van der Waals surface area contributed by atoms with Gasteiger partial charge in [-0.3, -0.25) is 0 Å². The summed E-state index contributed by atoms with van der Waals surface area (Å²) in [5.74, 6) is 3.24. The van der Waals surface area contributed by atoms with Crippen molar-refractivity contribution in [2.24, 2.45) is 22.7 Å². The van der Waals surface area contributed by atoms with Crippen molar-refractivity contribution in [3.8, 4) is 0 Å². The van der Waals surface area contributed by atoms with Gasteiger partial charge in [-0.05, 0) is 74.0 Å². The number of allylic oxidation sites excluding steroid dienone is 4. The van der Waals surface area contributed by atoms with Crippen molar-refractivity contribution in [3.05, 3.63) is 24.3 Å². The molecule has 0 aromatic carbocycles. The molecule has 0 aromatic heterocycles. The van der Waals surface area contributed by atoms with Crippen LogP contribution in [0.5, 0.6) is 0 Å². The van der Waals surface area contributed by atoms with Gasteiger partial charge in [0, 0.05) is 34.8 Å². The number of rotatable bonds is 19. The molecule has 0 N–H and O–H groups in total. The van der Waals surface area contributed by atoms with Gasteiger partial charge in [-0.1, -0.05) is 52.0 Å². The molecule has 0 amide bonds. The molecule has 2 fully saturated rings. The summed E-state index contributed by atoms with van der Waals surface area (Å²) >= 11 is 4.11. The fourth-order valence-electron chi connectivity index (χ4n) is 5.74. The Morgan fingerprint density at radius 3 is 1.47 bits per heavy atom. The van der Waals surface area contributed by atoms with Gasteiger partial charge in [0.2, 0.25) is 0 Å². The van der Waals surface area contributed by atoms with E-state index < -0.39 is 0 Å². The minimum atomic E-state index is 0.408. The van der Waals surface area contributed by atoms with E-state index in [2.05, 4.69) is 75.5 Å². The van der Waals surface area contributed by atoms with Gasteiger partial charge in [0.15, 0.2) is 0 Å². The van der Waals surface area contributed by atoms with Crippen LogP contribution in [0.2, 0.25) is 0 Å². The second kappa shape index (κ2) is 18.7. The Balaban J connectivity index is 1.56. The van der Waals surface area contributed by atoms with Crippen LogP contribution in [-0.2, 0) is 19.1 Å². The zero-order valence-corrected chi connectivity index (χ0v) is 26.2. The zero-order valence-electron chi connectivity index (χ0n) is 24.5. The van der Waals surface area contributed by atoms with Crippen molar-refractivity contribution in [2.75, 3.05) is 37.9 Å². The molecule has 218 valence electrons. The third-order valence-electron chi connectivity index (χ3n) is 7.90. The van der Waals surface area contributed by atoms with Crippen molar-refractivity contribution < 1.29 is 19.1 Å². The molecule has 2 saturated carbocycles. The van der Waals surface area contributed by atoms with Crippen LogP contribution in [0.25, 0.3) is 0 Å². The van der Waals surface area contributed by atoms with Gasteiger partial charge in [0.25, 0.3) is 0 Å². The van der Waals surface area contributed by atoms with Crippen LogP contribution < -0.4 is 0 Å². The Hall–Kier alpha value is -0.560. The molecule has 4 atom stereocenters. The summed E-state index contributed by atoms with van der Waals surface area (Å²) in [7, 11) is 0. The van der Waals surface area contributed by atoms with Crippen molar-refractivity contribution >= 4 is 36.1 Å². The zero-order chi connectivity index (χ0) is 27.7. The highest BCUT2D eigenvalue weighted by molar-refractivity contribution is 8.00. The fourth-order valence-corrected chi connectivity index (χ4v) is 8.22. The summed E-state index contributed by atoms with van der Waals surface area (Å²) in [6.45, 7) is 12.4. The third-order valence-corrected chi connectivity index (χ3v) is 10.7. The Morgan fingerprint density at radius 2 is 1.08 bits per heavy atom. The first-order chi connectivity index (χ1) is 18.3. The second-order valence-electron chi connectivity index (χ2n) is 12.5. The number of thioether (sulfide) groups is 2. The molecule has 2 aliphatic carbocycles. The Morgan fingerprint density at radius 1 is 0.658 bits per heavy atom. The maximum absolute atomic E-state index is 10.6. The van der Waals surface area contributed by atoms with Crippen molar-refractivity contribution in [1.82, 2.24) is 0 Å². The summed E-state index contributed by atoms with van der Waals surface area (Å²) in [6.07, 6.45) is 21.7. The molecule has 38 heavy (non-hydrogen) atoms.